The Labute approximate surface area is 168 Å². The Kier molecular flexibility index (Phi) is 6.73. The van der Waals surface area contributed by atoms with Crippen molar-refractivity contribution in [3.63, 3.8) is 0 Å². The highest BCUT2D eigenvalue weighted by Gasteiger charge is 2.25. The van der Waals surface area contributed by atoms with E-state index in [1.807, 2.05) is 6.07 Å². The summed E-state index contributed by atoms with van der Waals surface area (Å²) in [5, 5.41) is 0. The summed E-state index contributed by atoms with van der Waals surface area (Å²) >= 11 is 0. The first-order valence-electron chi connectivity index (χ1n) is 9.97. The molecule has 1 aliphatic heterocycles. The van der Waals surface area contributed by atoms with Gasteiger partial charge in [-0.3, -0.25) is 0 Å². The van der Waals surface area contributed by atoms with Gasteiger partial charge in [0.1, 0.15) is 12.1 Å². The number of methoxy groups -OCH3 is 2. The quantitative estimate of drug-likeness (QED) is 0.730. The maximum absolute atomic E-state index is 5.43. The van der Waals surface area contributed by atoms with Crippen molar-refractivity contribution < 1.29 is 9.47 Å². The Morgan fingerprint density at radius 3 is 2.68 bits per heavy atom. The van der Waals surface area contributed by atoms with Gasteiger partial charge in [0.05, 0.1) is 14.2 Å². The van der Waals surface area contributed by atoms with E-state index in [1.54, 1.807) is 20.5 Å². The molecule has 6 heteroatoms. The molecule has 1 aromatic carbocycles. The van der Waals surface area contributed by atoms with Gasteiger partial charge in [0.25, 0.3) is 0 Å². The zero-order chi connectivity index (χ0) is 20.1. The van der Waals surface area contributed by atoms with Crippen molar-refractivity contribution in [2.75, 3.05) is 45.8 Å². The van der Waals surface area contributed by atoms with E-state index in [0.717, 1.165) is 49.1 Å². The Morgan fingerprint density at radius 2 is 1.93 bits per heavy atom. The summed E-state index contributed by atoms with van der Waals surface area (Å²) in [6.45, 7) is 7.26. The van der Waals surface area contributed by atoms with Crippen LogP contribution >= 0.6 is 0 Å². The number of benzene rings is 1. The van der Waals surface area contributed by atoms with Crippen molar-refractivity contribution in [1.29, 1.82) is 0 Å². The van der Waals surface area contributed by atoms with E-state index in [-0.39, 0.29) is 0 Å². The smallest absolute Gasteiger partial charge is 0.160 e. The molecule has 2 heterocycles. The van der Waals surface area contributed by atoms with Crippen LogP contribution in [0.2, 0.25) is 0 Å². The highest BCUT2D eigenvalue weighted by atomic mass is 16.5. The van der Waals surface area contributed by atoms with Crippen LogP contribution in [0.4, 0.5) is 5.82 Å². The molecule has 6 nitrogen and oxygen atoms in total. The minimum atomic E-state index is 0.531. The van der Waals surface area contributed by atoms with E-state index in [9.17, 15) is 0 Å². The molecular formula is C22H32N4O2. The van der Waals surface area contributed by atoms with Gasteiger partial charge in [-0.25, -0.2) is 9.97 Å². The predicted octanol–water partition coefficient (Wildman–Crippen LogP) is 3.25. The molecule has 1 aliphatic rings. The zero-order valence-electron chi connectivity index (χ0n) is 17.7. The molecule has 28 heavy (non-hydrogen) atoms. The van der Waals surface area contributed by atoms with E-state index >= 15 is 0 Å². The van der Waals surface area contributed by atoms with E-state index in [1.165, 1.54) is 24.0 Å². The number of piperidine rings is 1. The minimum absolute atomic E-state index is 0.531. The van der Waals surface area contributed by atoms with Crippen LogP contribution in [0.15, 0.2) is 24.5 Å². The molecule has 152 valence electrons. The maximum Gasteiger partial charge on any atom is 0.160 e. The third-order valence-corrected chi connectivity index (χ3v) is 5.83. The average Bonchev–Trinajstić information content (AvgIpc) is 2.73. The van der Waals surface area contributed by atoms with Gasteiger partial charge in [0, 0.05) is 36.9 Å². The normalized spacial score (nSPS) is 17.1. The molecule has 0 radical (unpaired) electrons. The van der Waals surface area contributed by atoms with Gasteiger partial charge in [-0.2, -0.15) is 0 Å². The molecule has 0 spiro atoms. The van der Waals surface area contributed by atoms with Crippen LogP contribution in [0.1, 0.15) is 29.7 Å². The SMILES string of the molecule is COc1ccc(CCN(C)[C@H]2CCCN(c3ncnc(C)c3C)C2)cc1OC. The van der Waals surface area contributed by atoms with E-state index < -0.39 is 0 Å². The fourth-order valence-corrected chi connectivity index (χ4v) is 3.88. The molecule has 1 atom stereocenters. The third-order valence-electron chi connectivity index (χ3n) is 5.83. The number of rotatable bonds is 7. The Bertz CT molecular complexity index is 796. The van der Waals surface area contributed by atoms with Crippen molar-refractivity contribution in [3.05, 3.63) is 41.3 Å². The molecule has 0 amide bonds. The van der Waals surface area contributed by atoms with E-state index in [4.69, 9.17) is 9.47 Å². The monoisotopic (exact) mass is 384 g/mol. The summed E-state index contributed by atoms with van der Waals surface area (Å²) < 4.78 is 10.8. The summed E-state index contributed by atoms with van der Waals surface area (Å²) in [5.74, 6) is 2.66. The molecule has 1 fully saturated rings. The van der Waals surface area contributed by atoms with Crippen LogP contribution in [-0.2, 0) is 6.42 Å². The standard InChI is InChI=1S/C22H32N4O2/c1-16-17(2)23-15-24-22(16)26-11-6-7-19(14-26)25(3)12-10-18-8-9-20(27-4)21(13-18)28-5/h8-9,13,15,19H,6-7,10-12,14H2,1-5H3/t19-/m0/s1. The largest absolute Gasteiger partial charge is 0.493 e. The summed E-state index contributed by atoms with van der Waals surface area (Å²) in [6.07, 6.45) is 5.08. The number of aryl methyl sites for hydroxylation is 1. The predicted molar refractivity (Wildman–Crippen MR) is 113 cm³/mol. The number of hydrogen-bond acceptors (Lipinski definition) is 6. The fraction of sp³-hybridized carbons (Fsp3) is 0.545. The molecule has 3 rings (SSSR count). The molecule has 1 aromatic heterocycles. The average molecular weight is 385 g/mol. The summed E-state index contributed by atoms with van der Waals surface area (Å²) in [7, 11) is 5.58. The molecule has 1 saturated heterocycles. The van der Waals surface area contributed by atoms with Crippen LogP contribution in [0.5, 0.6) is 11.5 Å². The lowest BCUT2D eigenvalue weighted by atomic mass is 10.0. The van der Waals surface area contributed by atoms with Gasteiger partial charge >= 0.3 is 0 Å². The second-order valence-corrected chi connectivity index (χ2v) is 7.57. The highest BCUT2D eigenvalue weighted by Crippen LogP contribution is 2.28. The number of anilines is 1. The van der Waals surface area contributed by atoms with Crippen molar-refractivity contribution in [2.24, 2.45) is 0 Å². The summed E-state index contributed by atoms with van der Waals surface area (Å²) in [6, 6.07) is 6.71. The Morgan fingerprint density at radius 1 is 1.14 bits per heavy atom. The van der Waals surface area contributed by atoms with Gasteiger partial charge in [0.2, 0.25) is 0 Å². The Balaban J connectivity index is 1.61. The van der Waals surface area contributed by atoms with Crippen LogP contribution in [0.25, 0.3) is 0 Å². The van der Waals surface area contributed by atoms with Gasteiger partial charge < -0.3 is 19.3 Å². The molecule has 2 aromatic rings. The molecule has 0 N–H and O–H groups in total. The minimum Gasteiger partial charge on any atom is -0.493 e. The molecule has 0 bridgehead atoms. The zero-order valence-corrected chi connectivity index (χ0v) is 17.7. The van der Waals surface area contributed by atoms with Crippen LogP contribution in [0, 0.1) is 13.8 Å². The van der Waals surface area contributed by atoms with Gasteiger partial charge in [-0.1, -0.05) is 6.07 Å². The van der Waals surface area contributed by atoms with E-state index in [2.05, 4.69) is 52.8 Å². The van der Waals surface area contributed by atoms with Crippen molar-refractivity contribution in [3.8, 4) is 11.5 Å². The fourth-order valence-electron chi connectivity index (χ4n) is 3.88. The number of hydrogen-bond donors (Lipinski definition) is 0. The number of likely N-dealkylation sites (N-methyl/N-ethyl adjacent to an activating group) is 1. The van der Waals surface area contributed by atoms with Crippen LogP contribution in [-0.4, -0.2) is 61.8 Å². The first kappa shape index (κ1) is 20.4. The number of aromatic nitrogens is 2. The van der Waals surface area contributed by atoms with Gasteiger partial charge in [-0.05, 0) is 57.9 Å². The first-order chi connectivity index (χ1) is 13.5. The van der Waals surface area contributed by atoms with Crippen molar-refractivity contribution >= 4 is 5.82 Å². The van der Waals surface area contributed by atoms with Crippen molar-refractivity contribution in [2.45, 2.75) is 39.2 Å². The molecular weight excluding hydrogens is 352 g/mol. The maximum atomic E-state index is 5.43. The molecule has 0 unspecified atom stereocenters. The second-order valence-electron chi connectivity index (χ2n) is 7.57. The van der Waals surface area contributed by atoms with Crippen molar-refractivity contribution in [1.82, 2.24) is 14.9 Å². The third kappa shape index (κ3) is 4.55. The second kappa shape index (κ2) is 9.24. The molecule has 0 saturated carbocycles. The van der Waals surface area contributed by atoms with E-state index in [0.29, 0.717) is 6.04 Å². The topological polar surface area (TPSA) is 50.7 Å². The lowest BCUT2D eigenvalue weighted by molar-refractivity contribution is 0.217. The number of ether oxygens (including phenoxy) is 2. The highest BCUT2D eigenvalue weighted by molar-refractivity contribution is 5.48. The molecule has 0 aliphatic carbocycles. The lowest BCUT2D eigenvalue weighted by Gasteiger charge is -2.38. The lowest BCUT2D eigenvalue weighted by Crippen LogP contribution is -2.47. The van der Waals surface area contributed by atoms with Gasteiger partial charge in [-0.15, -0.1) is 0 Å². The number of nitrogens with zero attached hydrogens (tertiary/aromatic N) is 4. The summed E-state index contributed by atoms with van der Waals surface area (Å²) in [4.78, 5) is 13.8. The first-order valence-corrected chi connectivity index (χ1v) is 9.97. The van der Waals surface area contributed by atoms with Crippen LogP contribution in [0.3, 0.4) is 0 Å². The van der Waals surface area contributed by atoms with Gasteiger partial charge in [0.15, 0.2) is 11.5 Å². The summed E-state index contributed by atoms with van der Waals surface area (Å²) in [5.41, 5.74) is 3.52. The Hall–Kier alpha value is -2.34. The van der Waals surface area contributed by atoms with Crippen LogP contribution < -0.4 is 14.4 Å².